The minimum absolute atomic E-state index is 0.0687. The Bertz CT molecular complexity index is 553. The van der Waals surface area contributed by atoms with E-state index < -0.39 is 0 Å². The summed E-state index contributed by atoms with van der Waals surface area (Å²) in [6.07, 6.45) is 0.0687. The summed E-state index contributed by atoms with van der Waals surface area (Å²) < 4.78 is 20.4. The van der Waals surface area contributed by atoms with Gasteiger partial charge in [0.05, 0.1) is 26.9 Å². The van der Waals surface area contributed by atoms with Crippen LogP contribution in [0.2, 0.25) is 0 Å². The van der Waals surface area contributed by atoms with E-state index in [-0.39, 0.29) is 12.0 Å². The van der Waals surface area contributed by atoms with Crippen molar-refractivity contribution in [2.45, 2.75) is 0 Å². The molecule has 1 aromatic carbocycles. The number of nitrogens with two attached hydrogens (primary N) is 1. The molecule has 0 bridgehead atoms. The number of nitrogens with zero attached hydrogens (tertiary/aromatic N) is 2. The van der Waals surface area contributed by atoms with Gasteiger partial charge in [-0.15, -0.1) is 5.10 Å². The van der Waals surface area contributed by atoms with Crippen molar-refractivity contribution < 1.29 is 18.6 Å². The zero-order valence-corrected chi connectivity index (χ0v) is 10.3. The van der Waals surface area contributed by atoms with Gasteiger partial charge in [-0.2, -0.15) is 0 Å². The molecular weight excluding hydrogens is 238 g/mol. The van der Waals surface area contributed by atoms with Gasteiger partial charge in [-0.3, -0.25) is 0 Å². The number of hydrogen-bond donors (Lipinski definition) is 1. The average molecular weight is 251 g/mol. The lowest BCUT2D eigenvalue weighted by atomic mass is 10.1. The Balaban J connectivity index is 2.50. The molecule has 7 nitrogen and oxygen atoms in total. The molecule has 0 fully saturated rings. The molecule has 2 aromatic rings. The first kappa shape index (κ1) is 12.0. The molecular formula is C11H13N3O4. The standard InChI is InChI=1S/C11H13N3O4/c1-15-8-4-6(7(12)5-9(8)16-2)10-13-14-11(17-3)18-10/h4-5H,12H2,1-3H3. The third-order valence-electron chi connectivity index (χ3n) is 2.37. The molecule has 0 aliphatic carbocycles. The third-order valence-corrected chi connectivity index (χ3v) is 2.37. The summed E-state index contributed by atoms with van der Waals surface area (Å²) in [5, 5.41) is 7.51. The second-order valence-electron chi connectivity index (χ2n) is 3.37. The number of benzene rings is 1. The smallest absolute Gasteiger partial charge is 0.414 e. The van der Waals surface area contributed by atoms with E-state index in [1.807, 2.05) is 0 Å². The van der Waals surface area contributed by atoms with Crippen LogP contribution in [0.15, 0.2) is 16.5 Å². The van der Waals surface area contributed by atoms with Gasteiger partial charge in [0.1, 0.15) is 0 Å². The molecule has 2 N–H and O–H groups in total. The Morgan fingerprint density at radius 3 is 2.22 bits per heavy atom. The largest absolute Gasteiger partial charge is 0.493 e. The summed E-state index contributed by atoms with van der Waals surface area (Å²) in [4.78, 5) is 0. The zero-order valence-electron chi connectivity index (χ0n) is 10.3. The molecule has 18 heavy (non-hydrogen) atoms. The SMILES string of the molecule is COc1nnc(-c2cc(OC)c(OC)cc2N)o1. The predicted octanol–water partition coefficient (Wildman–Crippen LogP) is 1.34. The molecule has 1 heterocycles. The fourth-order valence-electron chi connectivity index (χ4n) is 1.48. The van der Waals surface area contributed by atoms with Crippen molar-refractivity contribution in [3.05, 3.63) is 12.1 Å². The van der Waals surface area contributed by atoms with Gasteiger partial charge in [-0.1, -0.05) is 5.10 Å². The molecule has 0 aliphatic rings. The highest BCUT2D eigenvalue weighted by molar-refractivity contribution is 5.75. The molecule has 0 saturated heterocycles. The highest BCUT2D eigenvalue weighted by Gasteiger charge is 2.16. The second-order valence-corrected chi connectivity index (χ2v) is 3.37. The van der Waals surface area contributed by atoms with Crippen molar-refractivity contribution in [3.8, 4) is 29.0 Å². The van der Waals surface area contributed by atoms with E-state index in [9.17, 15) is 0 Å². The molecule has 0 radical (unpaired) electrons. The van der Waals surface area contributed by atoms with E-state index in [0.717, 1.165) is 0 Å². The topological polar surface area (TPSA) is 92.6 Å². The van der Waals surface area contributed by atoms with Crippen LogP contribution >= 0.6 is 0 Å². The van der Waals surface area contributed by atoms with Crippen LogP contribution in [0.3, 0.4) is 0 Å². The molecule has 2 rings (SSSR count). The number of ether oxygens (including phenoxy) is 3. The maximum atomic E-state index is 5.90. The lowest BCUT2D eigenvalue weighted by Gasteiger charge is -2.10. The number of methoxy groups -OCH3 is 3. The van der Waals surface area contributed by atoms with Crippen molar-refractivity contribution >= 4 is 5.69 Å². The first-order chi connectivity index (χ1) is 8.69. The van der Waals surface area contributed by atoms with Crippen LogP contribution in [0.1, 0.15) is 0 Å². The quantitative estimate of drug-likeness (QED) is 0.819. The Hall–Kier alpha value is -2.44. The third kappa shape index (κ3) is 2.02. The first-order valence-electron chi connectivity index (χ1n) is 5.09. The minimum atomic E-state index is 0.0687. The van der Waals surface area contributed by atoms with Gasteiger partial charge >= 0.3 is 6.08 Å². The van der Waals surface area contributed by atoms with Gasteiger partial charge in [-0.05, 0) is 6.07 Å². The Kier molecular flexibility index (Phi) is 3.22. The van der Waals surface area contributed by atoms with Gasteiger partial charge in [0, 0.05) is 11.8 Å². The van der Waals surface area contributed by atoms with Crippen LogP contribution in [0.4, 0.5) is 5.69 Å². The zero-order chi connectivity index (χ0) is 13.1. The van der Waals surface area contributed by atoms with Crippen LogP contribution < -0.4 is 19.9 Å². The van der Waals surface area contributed by atoms with Gasteiger partial charge in [0.15, 0.2) is 11.5 Å². The van der Waals surface area contributed by atoms with E-state index in [1.54, 1.807) is 12.1 Å². The maximum absolute atomic E-state index is 5.90. The second kappa shape index (κ2) is 4.82. The van der Waals surface area contributed by atoms with E-state index in [0.29, 0.717) is 22.7 Å². The molecule has 96 valence electrons. The van der Waals surface area contributed by atoms with E-state index in [2.05, 4.69) is 10.2 Å². The molecule has 0 unspecified atom stereocenters. The predicted molar refractivity (Wildman–Crippen MR) is 63.8 cm³/mol. The highest BCUT2D eigenvalue weighted by atomic mass is 16.6. The van der Waals surface area contributed by atoms with Gasteiger partial charge in [0.2, 0.25) is 0 Å². The van der Waals surface area contributed by atoms with Crippen molar-refractivity contribution in [1.29, 1.82) is 0 Å². The minimum Gasteiger partial charge on any atom is -0.493 e. The number of hydrogen-bond acceptors (Lipinski definition) is 7. The fourth-order valence-corrected chi connectivity index (χ4v) is 1.48. The summed E-state index contributed by atoms with van der Waals surface area (Å²) in [5.41, 5.74) is 6.90. The first-order valence-corrected chi connectivity index (χ1v) is 5.09. The number of rotatable bonds is 4. The summed E-state index contributed by atoms with van der Waals surface area (Å²) in [6, 6.07) is 3.30. The van der Waals surface area contributed by atoms with Crippen molar-refractivity contribution in [1.82, 2.24) is 10.2 Å². The Labute approximate surface area is 103 Å². The lowest BCUT2D eigenvalue weighted by Crippen LogP contribution is -1.96. The van der Waals surface area contributed by atoms with Crippen molar-refractivity contribution in [3.63, 3.8) is 0 Å². The molecule has 7 heteroatoms. The van der Waals surface area contributed by atoms with Crippen LogP contribution in [0, 0.1) is 0 Å². The normalized spacial score (nSPS) is 10.2. The summed E-state index contributed by atoms with van der Waals surface area (Å²) >= 11 is 0. The summed E-state index contributed by atoms with van der Waals surface area (Å²) in [5.74, 6) is 1.31. The molecule has 0 aliphatic heterocycles. The monoisotopic (exact) mass is 251 g/mol. The van der Waals surface area contributed by atoms with Gasteiger partial charge < -0.3 is 24.4 Å². The average Bonchev–Trinajstić information content (AvgIpc) is 2.86. The van der Waals surface area contributed by atoms with Crippen LogP contribution in [-0.2, 0) is 0 Å². The fraction of sp³-hybridized carbons (Fsp3) is 0.273. The van der Waals surface area contributed by atoms with Crippen molar-refractivity contribution in [2.75, 3.05) is 27.1 Å². The van der Waals surface area contributed by atoms with Crippen molar-refractivity contribution in [2.24, 2.45) is 0 Å². The molecule has 0 atom stereocenters. The van der Waals surface area contributed by atoms with Crippen LogP contribution in [0.5, 0.6) is 17.6 Å². The van der Waals surface area contributed by atoms with Crippen LogP contribution in [0.25, 0.3) is 11.5 Å². The molecule has 1 aromatic heterocycles. The molecule has 0 spiro atoms. The molecule has 0 saturated carbocycles. The summed E-state index contributed by atoms with van der Waals surface area (Å²) in [7, 11) is 4.51. The van der Waals surface area contributed by atoms with E-state index in [4.69, 9.17) is 24.4 Å². The summed E-state index contributed by atoms with van der Waals surface area (Å²) in [6.45, 7) is 0. The number of nitrogen functional groups attached to an aromatic ring is 1. The Morgan fingerprint density at radius 1 is 1.00 bits per heavy atom. The highest BCUT2D eigenvalue weighted by Crippen LogP contribution is 2.37. The van der Waals surface area contributed by atoms with Gasteiger partial charge in [0.25, 0.3) is 5.89 Å². The molecule has 0 amide bonds. The lowest BCUT2D eigenvalue weighted by molar-refractivity contribution is 0.293. The maximum Gasteiger partial charge on any atom is 0.414 e. The van der Waals surface area contributed by atoms with E-state index >= 15 is 0 Å². The van der Waals surface area contributed by atoms with Gasteiger partial charge in [-0.25, -0.2) is 0 Å². The number of anilines is 1. The van der Waals surface area contributed by atoms with Crippen LogP contribution in [-0.4, -0.2) is 31.5 Å². The number of aromatic nitrogens is 2. The van der Waals surface area contributed by atoms with E-state index in [1.165, 1.54) is 21.3 Å². The Morgan fingerprint density at radius 2 is 1.67 bits per heavy atom.